The molecule has 3 aromatic rings. The molecule has 1 aromatic carbocycles. The smallest absolute Gasteiger partial charge is 0.291 e. The summed E-state index contributed by atoms with van der Waals surface area (Å²) in [4.78, 5) is 41.6. The Bertz CT molecular complexity index is 1170. The van der Waals surface area contributed by atoms with Gasteiger partial charge in [0.15, 0.2) is 5.89 Å². The molecular weight excluding hydrogens is 408 g/mol. The van der Waals surface area contributed by atoms with E-state index in [9.17, 15) is 9.59 Å². The minimum Gasteiger partial charge on any atom is -0.436 e. The van der Waals surface area contributed by atoms with Crippen LogP contribution in [0.4, 0.5) is 5.95 Å². The number of benzene rings is 1. The zero-order chi connectivity index (χ0) is 23.0. The van der Waals surface area contributed by atoms with Crippen LogP contribution in [0.1, 0.15) is 50.5 Å². The third-order valence-electron chi connectivity index (χ3n) is 5.65. The van der Waals surface area contributed by atoms with Crippen LogP contribution in [-0.2, 0) is 0 Å². The molecule has 1 fully saturated rings. The summed E-state index contributed by atoms with van der Waals surface area (Å²) >= 11 is 0. The Kier molecular flexibility index (Phi) is 5.65. The first-order chi connectivity index (χ1) is 15.2. The number of anilines is 1. The number of primary amides is 1. The summed E-state index contributed by atoms with van der Waals surface area (Å²) in [7, 11) is 3.78. The number of nitrogens with two attached hydrogens (primary N) is 1. The summed E-state index contributed by atoms with van der Waals surface area (Å²) in [5, 5.41) is 0. The molecule has 1 unspecified atom stereocenters. The lowest BCUT2D eigenvalue weighted by Gasteiger charge is -2.19. The molecule has 2 amide bonds. The van der Waals surface area contributed by atoms with Crippen molar-refractivity contribution in [3.8, 4) is 11.1 Å². The predicted molar refractivity (Wildman–Crippen MR) is 120 cm³/mol. The molecule has 166 valence electrons. The number of oxazole rings is 1. The van der Waals surface area contributed by atoms with Gasteiger partial charge in [-0.05, 0) is 31.0 Å². The van der Waals surface area contributed by atoms with Gasteiger partial charge in [-0.25, -0.2) is 15.0 Å². The first-order valence-corrected chi connectivity index (χ1v) is 10.4. The maximum atomic E-state index is 13.0. The third kappa shape index (κ3) is 4.05. The Morgan fingerprint density at radius 1 is 1.16 bits per heavy atom. The van der Waals surface area contributed by atoms with Crippen LogP contribution < -0.4 is 10.6 Å². The van der Waals surface area contributed by atoms with Gasteiger partial charge in [0, 0.05) is 57.4 Å². The van der Waals surface area contributed by atoms with Crippen LogP contribution >= 0.6 is 0 Å². The number of hydrogen-bond donors (Lipinski definition) is 1. The molecule has 2 N–H and O–H groups in total. The summed E-state index contributed by atoms with van der Waals surface area (Å²) in [5.74, 6) is 0.787. The first-order valence-electron chi connectivity index (χ1n) is 10.4. The molecule has 1 saturated heterocycles. The Morgan fingerprint density at radius 3 is 2.47 bits per heavy atom. The highest BCUT2D eigenvalue weighted by molar-refractivity contribution is 5.93. The molecule has 1 aliphatic rings. The lowest BCUT2D eigenvalue weighted by atomic mass is 9.95. The van der Waals surface area contributed by atoms with Crippen LogP contribution in [0, 0.1) is 13.8 Å². The molecule has 0 spiro atoms. The zero-order valence-corrected chi connectivity index (χ0v) is 18.6. The van der Waals surface area contributed by atoms with E-state index in [4.69, 9.17) is 15.1 Å². The summed E-state index contributed by atoms with van der Waals surface area (Å²) in [6, 6.07) is 7.08. The molecule has 3 heterocycles. The standard InChI is InChI=1S/C23H26N6O3/c1-13-20(32-14(2)26-13)22(31)29-10-9-17(12-29)19-18(11-25-23(27-19)28(3)4)15-5-7-16(8-6-15)21(24)30/h5-8,11,17H,9-10,12H2,1-4H3,(H2,24,30). The van der Waals surface area contributed by atoms with Crippen LogP contribution in [0.3, 0.4) is 0 Å². The molecule has 0 bridgehead atoms. The SMILES string of the molecule is Cc1nc(C)c(C(=O)N2CCC(c3nc(N(C)C)ncc3-c3ccc(C(N)=O)cc3)C2)o1. The van der Waals surface area contributed by atoms with Crippen LogP contribution in [0.2, 0.25) is 0 Å². The fourth-order valence-electron chi connectivity index (χ4n) is 3.99. The van der Waals surface area contributed by atoms with Gasteiger partial charge in [-0.15, -0.1) is 0 Å². The molecule has 9 heteroatoms. The molecular formula is C23H26N6O3. The van der Waals surface area contributed by atoms with Crippen molar-refractivity contribution in [1.29, 1.82) is 0 Å². The summed E-state index contributed by atoms with van der Waals surface area (Å²) in [6.07, 6.45) is 2.57. The second-order valence-electron chi connectivity index (χ2n) is 8.19. The third-order valence-corrected chi connectivity index (χ3v) is 5.65. The van der Waals surface area contributed by atoms with E-state index in [2.05, 4.69) is 9.97 Å². The quantitative estimate of drug-likeness (QED) is 0.655. The summed E-state index contributed by atoms with van der Waals surface area (Å²) in [5.41, 5.74) is 9.05. The average Bonchev–Trinajstić information content (AvgIpc) is 3.39. The van der Waals surface area contributed by atoms with E-state index in [0.717, 1.165) is 23.2 Å². The maximum Gasteiger partial charge on any atom is 0.291 e. The van der Waals surface area contributed by atoms with Gasteiger partial charge in [-0.3, -0.25) is 9.59 Å². The number of rotatable bonds is 5. The van der Waals surface area contributed by atoms with Gasteiger partial charge < -0.3 is 20.0 Å². The normalized spacial score (nSPS) is 15.8. The van der Waals surface area contributed by atoms with Crippen molar-refractivity contribution < 1.29 is 14.0 Å². The Labute approximate surface area is 186 Å². The molecule has 4 rings (SSSR count). The average molecular weight is 435 g/mol. The Balaban J connectivity index is 1.66. The van der Waals surface area contributed by atoms with Crippen LogP contribution in [0.25, 0.3) is 11.1 Å². The van der Waals surface area contributed by atoms with Crippen molar-refractivity contribution in [1.82, 2.24) is 19.9 Å². The summed E-state index contributed by atoms with van der Waals surface area (Å²) in [6.45, 7) is 4.63. The van der Waals surface area contributed by atoms with Crippen molar-refractivity contribution in [2.24, 2.45) is 5.73 Å². The van der Waals surface area contributed by atoms with E-state index in [1.165, 1.54) is 0 Å². The van der Waals surface area contributed by atoms with E-state index >= 15 is 0 Å². The second kappa shape index (κ2) is 8.41. The molecule has 0 aliphatic carbocycles. The van der Waals surface area contributed by atoms with E-state index in [-0.39, 0.29) is 11.8 Å². The fourth-order valence-corrected chi connectivity index (χ4v) is 3.99. The van der Waals surface area contributed by atoms with Gasteiger partial charge in [0.25, 0.3) is 5.91 Å². The topological polar surface area (TPSA) is 118 Å². The van der Waals surface area contributed by atoms with E-state index in [1.54, 1.807) is 37.1 Å². The number of nitrogens with zero attached hydrogens (tertiary/aromatic N) is 5. The lowest BCUT2D eigenvalue weighted by molar-refractivity contribution is 0.0756. The Hall–Kier alpha value is -3.75. The molecule has 0 radical (unpaired) electrons. The largest absolute Gasteiger partial charge is 0.436 e. The van der Waals surface area contributed by atoms with Crippen molar-refractivity contribution in [3.05, 3.63) is 59.1 Å². The highest BCUT2D eigenvalue weighted by Gasteiger charge is 2.33. The minimum atomic E-state index is -0.473. The van der Waals surface area contributed by atoms with Gasteiger partial charge in [-0.2, -0.15) is 0 Å². The lowest BCUT2D eigenvalue weighted by Crippen LogP contribution is -2.29. The van der Waals surface area contributed by atoms with Crippen molar-refractivity contribution in [2.45, 2.75) is 26.2 Å². The van der Waals surface area contributed by atoms with Crippen molar-refractivity contribution in [2.75, 3.05) is 32.1 Å². The highest BCUT2D eigenvalue weighted by atomic mass is 16.4. The first kappa shape index (κ1) is 21.5. The molecule has 1 atom stereocenters. The van der Waals surface area contributed by atoms with Crippen LogP contribution in [0.15, 0.2) is 34.9 Å². The number of carbonyl (C=O) groups is 2. The fraction of sp³-hybridized carbons (Fsp3) is 0.348. The molecule has 9 nitrogen and oxygen atoms in total. The van der Waals surface area contributed by atoms with Crippen molar-refractivity contribution in [3.63, 3.8) is 0 Å². The van der Waals surface area contributed by atoms with Gasteiger partial charge in [0.05, 0.1) is 11.4 Å². The Morgan fingerprint density at radius 2 is 1.88 bits per heavy atom. The number of amides is 2. The van der Waals surface area contributed by atoms with Crippen LogP contribution in [0.5, 0.6) is 0 Å². The van der Waals surface area contributed by atoms with E-state index in [0.29, 0.717) is 41.9 Å². The van der Waals surface area contributed by atoms with Crippen molar-refractivity contribution >= 4 is 17.8 Å². The molecule has 32 heavy (non-hydrogen) atoms. The van der Waals surface area contributed by atoms with Gasteiger partial charge in [-0.1, -0.05) is 12.1 Å². The second-order valence-corrected chi connectivity index (χ2v) is 8.19. The monoisotopic (exact) mass is 434 g/mol. The number of aryl methyl sites for hydroxylation is 2. The molecule has 2 aromatic heterocycles. The van der Waals surface area contributed by atoms with Gasteiger partial charge in [0.1, 0.15) is 0 Å². The zero-order valence-electron chi connectivity index (χ0n) is 18.6. The molecule has 1 aliphatic heterocycles. The number of aromatic nitrogens is 3. The highest BCUT2D eigenvalue weighted by Crippen LogP contribution is 2.35. The summed E-state index contributed by atoms with van der Waals surface area (Å²) < 4.78 is 5.53. The van der Waals surface area contributed by atoms with Crippen LogP contribution in [-0.4, -0.2) is 58.9 Å². The van der Waals surface area contributed by atoms with E-state index < -0.39 is 5.91 Å². The number of hydrogen-bond acceptors (Lipinski definition) is 7. The number of likely N-dealkylation sites (tertiary alicyclic amines) is 1. The van der Waals surface area contributed by atoms with E-state index in [1.807, 2.05) is 31.1 Å². The number of carbonyl (C=O) groups excluding carboxylic acids is 2. The van der Waals surface area contributed by atoms with Gasteiger partial charge >= 0.3 is 0 Å². The minimum absolute atomic E-state index is 0.0378. The molecule has 0 saturated carbocycles. The predicted octanol–water partition coefficient (Wildman–Crippen LogP) is 2.54. The maximum absolute atomic E-state index is 13.0. The van der Waals surface area contributed by atoms with Gasteiger partial charge in [0.2, 0.25) is 17.6 Å².